The van der Waals surface area contributed by atoms with Crippen LogP contribution in [0.4, 0.5) is 4.39 Å². The highest BCUT2D eigenvalue weighted by Gasteiger charge is 2.08. The second-order valence-electron chi connectivity index (χ2n) is 3.76. The molecule has 0 unspecified atom stereocenters. The first-order chi connectivity index (χ1) is 8.20. The lowest BCUT2D eigenvalue weighted by Crippen LogP contribution is -2.02. The zero-order valence-corrected chi connectivity index (χ0v) is 9.52. The van der Waals surface area contributed by atoms with Gasteiger partial charge in [-0.15, -0.1) is 0 Å². The molecule has 1 aromatic heterocycles. The van der Waals surface area contributed by atoms with Crippen LogP contribution in [0, 0.1) is 12.7 Å². The number of aliphatic hydroxyl groups excluding tert-OH is 1. The molecule has 3 nitrogen and oxygen atoms in total. The molecule has 0 fully saturated rings. The van der Waals surface area contributed by atoms with Crippen LogP contribution in [0.1, 0.15) is 11.5 Å². The van der Waals surface area contributed by atoms with Crippen molar-refractivity contribution in [3.05, 3.63) is 47.7 Å². The summed E-state index contributed by atoms with van der Waals surface area (Å²) in [5.41, 5.74) is 1.78. The third-order valence-electron chi connectivity index (χ3n) is 2.39. The number of rotatable bonds is 3. The first-order valence-corrected chi connectivity index (χ1v) is 5.41. The molecule has 0 saturated heterocycles. The van der Waals surface area contributed by atoms with Crippen LogP contribution in [0.15, 0.2) is 30.3 Å². The van der Waals surface area contributed by atoms with Gasteiger partial charge in [0.2, 0.25) is 0 Å². The Hall–Kier alpha value is -1.81. The number of nitrogens with zero attached hydrogens (tertiary/aromatic N) is 2. The molecule has 0 aliphatic heterocycles. The predicted octanol–water partition coefficient (Wildman–Crippen LogP) is 2.13. The van der Waals surface area contributed by atoms with Crippen LogP contribution in [-0.2, 0) is 6.42 Å². The summed E-state index contributed by atoms with van der Waals surface area (Å²) in [4.78, 5) is 8.43. The van der Waals surface area contributed by atoms with Gasteiger partial charge in [-0.2, -0.15) is 0 Å². The molecular weight excluding hydrogens is 219 g/mol. The van der Waals surface area contributed by atoms with Crippen LogP contribution >= 0.6 is 0 Å². The van der Waals surface area contributed by atoms with Gasteiger partial charge in [-0.05, 0) is 25.1 Å². The van der Waals surface area contributed by atoms with E-state index in [1.807, 2.05) is 6.92 Å². The molecule has 1 heterocycles. The van der Waals surface area contributed by atoms with Gasteiger partial charge in [0.25, 0.3) is 0 Å². The number of halogens is 1. The quantitative estimate of drug-likeness (QED) is 0.881. The summed E-state index contributed by atoms with van der Waals surface area (Å²) >= 11 is 0. The fourth-order valence-corrected chi connectivity index (χ4v) is 1.65. The second-order valence-corrected chi connectivity index (χ2v) is 3.76. The van der Waals surface area contributed by atoms with Gasteiger partial charge in [0.05, 0.1) is 12.3 Å². The maximum absolute atomic E-state index is 13.6. The summed E-state index contributed by atoms with van der Waals surface area (Å²) in [7, 11) is 0. The Morgan fingerprint density at radius 1 is 1.24 bits per heavy atom. The van der Waals surface area contributed by atoms with E-state index in [4.69, 9.17) is 5.11 Å². The highest BCUT2D eigenvalue weighted by atomic mass is 19.1. The number of hydrogen-bond acceptors (Lipinski definition) is 3. The van der Waals surface area contributed by atoms with E-state index in [0.717, 1.165) is 5.69 Å². The van der Waals surface area contributed by atoms with Gasteiger partial charge in [0, 0.05) is 17.7 Å². The lowest BCUT2D eigenvalue weighted by Gasteiger charge is -2.06. The van der Waals surface area contributed by atoms with Gasteiger partial charge >= 0.3 is 0 Å². The highest BCUT2D eigenvalue weighted by Crippen LogP contribution is 2.21. The zero-order valence-electron chi connectivity index (χ0n) is 9.52. The maximum atomic E-state index is 13.6. The SMILES string of the molecule is Cc1cc(-c2ccccc2F)nc(CCO)n1. The third-order valence-corrected chi connectivity index (χ3v) is 2.39. The topological polar surface area (TPSA) is 46.0 Å². The molecular formula is C13H13FN2O. The summed E-state index contributed by atoms with van der Waals surface area (Å²) in [6, 6.07) is 8.22. The zero-order chi connectivity index (χ0) is 12.3. The van der Waals surface area contributed by atoms with Crippen LogP contribution in [0.3, 0.4) is 0 Å². The van der Waals surface area contributed by atoms with E-state index in [-0.39, 0.29) is 12.4 Å². The fraction of sp³-hybridized carbons (Fsp3) is 0.231. The highest BCUT2D eigenvalue weighted by molar-refractivity contribution is 5.59. The molecule has 0 aliphatic rings. The summed E-state index contributed by atoms with van der Waals surface area (Å²) in [5.74, 6) is 0.228. The van der Waals surface area contributed by atoms with Gasteiger partial charge in [-0.3, -0.25) is 0 Å². The minimum atomic E-state index is -0.305. The molecule has 1 N–H and O–H groups in total. The standard InChI is InChI=1S/C13H13FN2O/c1-9-8-12(16-13(15-9)6-7-17)10-4-2-3-5-11(10)14/h2-5,8,17H,6-7H2,1H3. The number of aryl methyl sites for hydroxylation is 1. The molecule has 0 saturated carbocycles. The van der Waals surface area contributed by atoms with Gasteiger partial charge in [-0.1, -0.05) is 12.1 Å². The van der Waals surface area contributed by atoms with Crippen LogP contribution in [0.2, 0.25) is 0 Å². The Labute approximate surface area is 99.0 Å². The van der Waals surface area contributed by atoms with E-state index in [2.05, 4.69) is 9.97 Å². The van der Waals surface area contributed by atoms with E-state index in [0.29, 0.717) is 23.5 Å². The van der Waals surface area contributed by atoms with E-state index in [9.17, 15) is 4.39 Å². The molecule has 0 radical (unpaired) electrons. The van der Waals surface area contributed by atoms with Crippen molar-refractivity contribution in [1.29, 1.82) is 0 Å². The molecule has 1 aromatic carbocycles. The number of hydrogen-bond donors (Lipinski definition) is 1. The summed E-state index contributed by atoms with van der Waals surface area (Å²) in [5, 5.41) is 8.87. The van der Waals surface area contributed by atoms with Crippen molar-refractivity contribution < 1.29 is 9.50 Å². The van der Waals surface area contributed by atoms with Crippen molar-refractivity contribution in [2.24, 2.45) is 0 Å². The van der Waals surface area contributed by atoms with Gasteiger partial charge in [-0.25, -0.2) is 14.4 Å². The smallest absolute Gasteiger partial charge is 0.132 e. The average Bonchev–Trinajstić information content (AvgIpc) is 2.29. The van der Waals surface area contributed by atoms with Gasteiger partial charge in [0.15, 0.2) is 0 Å². The van der Waals surface area contributed by atoms with Crippen molar-refractivity contribution in [3.63, 3.8) is 0 Å². The summed E-state index contributed by atoms with van der Waals surface area (Å²) in [6.45, 7) is 1.81. The monoisotopic (exact) mass is 232 g/mol. The lowest BCUT2D eigenvalue weighted by atomic mass is 10.1. The Bertz CT molecular complexity index is 529. The Morgan fingerprint density at radius 3 is 2.71 bits per heavy atom. The van der Waals surface area contributed by atoms with Crippen molar-refractivity contribution in [2.75, 3.05) is 6.61 Å². The minimum absolute atomic E-state index is 0.0137. The van der Waals surface area contributed by atoms with Crippen LogP contribution in [-0.4, -0.2) is 21.7 Å². The fourth-order valence-electron chi connectivity index (χ4n) is 1.65. The summed E-state index contributed by atoms with van der Waals surface area (Å²) < 4.78 is 13.6. The van der Waals surface area contributed by atoms with Gasteiger partial charge in [0.1, 0.15) is 11.6 Å². The molecule has 4 heteroatoms. The molecule has 17 heavy (non-hydrogen) atoms. The number of benzene rings is 1. The predicted molar refractivity (Wildman–Crippen MR) is 63.0 cm³/mol. The summed E-state index contributed by atoms with van der Waals surface area (Å²) in [6.07, 6.45) is 0.378. The molecule has 0 amide bonds. The molecule has 0 spiro atoms. The Morgan fingerprint density at radius 2 is 2.00 bits per heavy atom. The van der Waals surface area contributed by atoms with Crippen LogP contribution < -0.4 is 0 Å². The molecule has 0 atom stereocenters. The molecule has 0 aliphatic carbocycles. The minimum Gasteiger partial charge on any atom is -0.396 e. The normalized spacial score (nSPS) is 10.5. The molecule has 88 valence electrons. The van der Waals surface area contributed by atoms with Crippen molar-refractivity contribution in [2.45, 2.75) is 13.3 Å². The van der Waals surface area contributed by atoms with E-state index in [1.54, 1.807) is 24.3 Å². The Balaban J connectivity index is 2.48. The molecule has 2 rings (SSSR count). The van der Waals surface area contributed by atoms with E-state index in [1.165, 1.54) is 6.07 Å². The van der Waals surface area contributed by atoms with Gasteiger partial charge < -0.3 is 5.11 Å². The first kappa shape index (κ1) is 11.7. The van der Waals surface area contributed by atoms with Crippen molar-refractivity contribution in [1.82, 2.24) is 9.97 Å². The van der Waals surface area contributed by atoms with Crippen LogP contribution in [0.25, 0.3) is 11.3 Å². The van der Waals surface area contributed by atoms with E-state index >= 15 is 0 Å². The molecule has 0 bridgehead atoms. The number of aliphatic hydroxyl groups is 1. The largest absolute Gasteiger partial charge is 0.396 e. The Kier molecular flexibility index (Phi) is 3.44. The average molecular weight is 232 g/mol. The second kappa shape index (κ2) is 5.01. The first-order valence-electron chi connectivity index (χ1n) is 5.41. The maximum Gasteiger partial charge on any atom is 0.132 e. The van der Waals surface area contributed by atoms with E-state index < -0.39 is 0 Å². The third kappa shape index (κ3) is 2.65. The number of aromatic nitrogens is 2. The molecule has 2 aromatic rings. The lowest BCUT2D eigenvalue weighted by molar-refractivity contribution is 0.296. The van der Waals surface area contributed by atoms with Crippen molar-refractivity contribution in [3.8, 4) is 11.3 Å². The van der Waals surface area contributed by atoms with Crippen LogP contribution in [0.5, 0.6) is 0 Å². The van der Waals surface area contributed by atoms with Crippen molar-refractivity contribution >= 4 is 0 Å².